The molecule has 0 spiro atoms. The maximum Gasteiger partial charge on any atom is 0.120 e. The molecule has 4 atom stereocenters. The summed E-state index contributed by atoms with van der Waals surface area (Å²) in [5.41, 5.74) is 0. The van der Waals surface area contributed by atoms with Crippen molar-refractivity contribution in [1.82, 2.24) is 5.32 Å². The number of hydrogen-bond acceptors (Lipinski definition) is 2. The Balaban J connectivity index is 1.95. The molecular weight excluding hydrogens is 198 g/mol. The molecule has 2 nitrogen and oxygen atoms in total. The molecule has 16 heavy (non-hydrogen) atoms. The average Bonchev–Trinajstić information content (AvgIpc) is 2.79. The lowest BCUT2D eigenvalue weighted by atomic mass is 9.97. The van der Waals surface area contributed by atoms with Gasteiger partial charge in [0, 0.05) is 6.04 Å². The maximum absolute atomic E-state index is 5.66. The molecule has 0 amide bonds. The SMILES string of the molecule is Cc1ccc(C(C)NC2CCC(C)C2C)o1. The average molecular weight is 221 g/mol. The Bertz CT molecular complexity index is 344. The van der Waals surface area contributed by atoms with E-state index in [0.29, 0.717) is 12.1 Å². The molecule has 0 saturated heterocycles. The van der Waals surface area contributed by atoms with E-state index in [2.05, 4.69) is 32.2 Å². The van der Waals surface area contributed by atoms with E-state index in [9.17, 15) is 0 Å². The van der Waals surface area contributed by atoms with Crippen LogP contribution in [0.25, 0.3) is 0 Å². The summed E-state index contributed by atoms with van der Waals surface area (Å²) in [6.07, 6.45) is 2.65. The van der Waals surface area contributed by atoms with Crippen LogP contribution in [0.3, 0.4) is 0 Å². The third-order valence-electron chi connectivity index (χ3n) is 4.12. The summed E-state index contributed by atoms with van der Waals surface area (Å²) in [6, 6.07) is 5.09. The van der Waals surface area contributed by atoms with Crippen LogP contribution in [0.1, 0.15) is 51.2 Å². The fourth-order valence-corrected chi connectivity index (χ4v) is 2.69. The van der Waals surface area contributed by atoms with Gasteiger partial charge in [-0.25, -0.2) is 0 Å². The van der Waals surface area contributed by atoms with Gasteiger partial charge in [-0.05, 0) is 50.7 Å². The second kappa shape index (κ2) is 4.62. The standard InChI is InChI=1S/C14H23NO/c1-9-5-7-13(11(9)3)15-12(4)14-8-6-10(2)16-14/h6,8-9,11-13,15H,5,7H2,1-4H3. The summed E-state index contributed by atoms with van der Waals surface area (Å²) < 4.78 is 5.66. The van der Waals surface area contributed by atoms with E-state index in [0.717, 1.165) is 23.4 Å². The molecular formula is C14H23NO. The number of rotatable bonds is 3. The summed E-state index contributed by atoms with van der Waals surface area (Å²) in [5.74, 6) is 3.68. The fourth-order valence-electron chi connectivity index (χ4n) is 2.69. The lowest BCUT2D eigenvalue weighted by Crippen LogP contribution is -2.34. The molecule has 1 aliphatic carbocycles. The molecule has 0 bridgehead atoms. The third-order valence-corrected chi connectivity index (χ3v) is 4.12. The first-order chi connectivity index (χ1) is 7.58. The smallest absolute Gasteiger partial charge is 0.120 e. The first-order valence-corrected chi connectivity index (χ1v) is 6.40. The lowest BCUT2D eigenvalue weighted by Gasteiger charge is -2.23. The van der Waals surface area contributed by atoms with Gasteiger partial charge in [-0.1, -0.05) is 13.8 Å². The lowest BCUT2D eigenvalue weighted by molar-refractivity contribution is 0.322. The zero-order valence-corrected chi connectivity index (χ0v) is 10.8. The molecule has 1 N–H and O–H groups in total. The summed E-state index contributed by atoms with van der Waals surface area (Å²) in [7, 11) is 0. The molecule has 0 aliphatic heterocycles. The molecule has 4 unspecified atom stereocenters. The Hall–Kier alpha value is -0.760. The predicted molar refractivity (Wildman–Crippen MR) is 66.3 cm³/mol. The second-order valence-corrected chi connectivity index (χ2v) is 5.36. The summed E-state index contributed by atoms with van der Waals surface area (Å²) >= 11 is 0. The van der Waals surface area contributed by atoms with Gasteiger partial charge in [0.1, 0.15) is 11.5 Å². The first kappa shape index (κ1) is 11.7. The largest absolute Gasteiger partial charge is 0.465 e. The quantitative estimate of drug-likeness (QED) is 0.842. The van der Waals surface area contributed by atoms with E-state index in [1.54, 1.807) is 0 Å². The van der Waals surface area contributed by atoms with Gasteiger partial charge in [0.2, 0.25) is 0 Å². The van der Waals surface area contributed by atoms with Gasteiger partial charge in [0.05, 0.1) is 6.04 Å². The van der Waals surface area contributed by atoms with Gasteiger partial charge in [-0.2, -0.15) is 0 Å². The van der Waals surface area contributed by atoms with E-state index in [1.165, 1.54) is 12.8 Å². The Morgan fingerprint density at radius 3 is 2.56 bits per heavy atom. The van der Waals surface area contributed by atoms with Crippen molar-refractivity contribution in [3.8, 4) is 0 Å². The summed E-state index contributed by atoms with van der Waals surface area (Å²) in [4.78, 5) is 0. The zero-order valence-electron chi connectivity index (χ0n) is 10.8. The van der Waals surface area contributed by atoms with Gasteiger partial charge in [-0.15, -0.1) is 0 Å². The van der Waals surface area contributed by atoms with Gasteiger partial charge in [0.25, 0.3) is 0 Å². The highest BCUT2D eigenvalue weighted by molar-refractivity contribution is 5.09. The summed E-state index contributed by atoms with van der Waals surface area (Å²) in [6.45, 7) is 8.90. The minimum atomic E-state index is 0.325. The van der Waals surface area contributed by atoms with Gasteiger partial charge in [-0.3, -0.25) is 0 Å². The van der Waals surface area contributed by atoms with E-state index in [4.69, 9.17) is 4.42 Å². The highest BCUT2D eigenvalue weighted by Gasteiger charge is 2.30. The topological polar surface area (TPSA) is 25.2 Å². The number of nitrogens with one attached hydrogen (secondary N) is 1. The van der Waals surface area contributed by atoms with E-state index in [1.807, 2.05) is 13.0 Å². The van der Waals surface area contributed by atoms with E-state index < -0.39 is 0 Å². The van der Waals surface area contributed by atoms with Crippen LogP contribution in [-0.4, -0.2) is 6.04 Å². The van der Waals surface area contributed by atoms with Crippen LogP contribution in [-0.2, 0) is 0 Å². The molecule has 0 radical (unpaired) electrons. The molecule has 90 valence electrons. The van der Waals surface area contributed by atoms with Gasteiger partial charge in [0.15, 0.2) is 0 Å². The molecule has 0 aromatic carbocycles. The normalized spacial score (nSPS) is 31.9. The molecule has 1 saturated carbocycles. The Morgan fingerprint density at radius 1 is 1.31 bits per heavy atom. The number of furan rings is 1. The van der Waals surface area contributed by atoms with Crippen molar-refractivity contribution >= 4 is 0 Å². The molecule has 1 aromatic heterocycles. The molecule has 1 aliphatic rings. The molecule has 2 heteroatoms. The van der Waals surface area contributed by atoms with Gasteiger partial charge >= 0.3 is 0 Å². The Morgan fingerprint density at radius 2 is 2.06 bits per heavy atom. The third kappa shape index (κ3) is 2.32. The van der Waals surface area contributed by atoms with Crippen molar-refractivity contribution in [2.24, 2.45) is 11.8 Å². The predicted octanol–water partition coefficient (Wildman–Crippen LogP) is 3.67. The maximum atomic E-state index is 5.66. The monoisotopic (exact) mass is 221 g/mol. The second-order valence-electron chi connectivity index (χ2n) is 5.36. The summed E-state index contributed by atoms with van der Waals surface area (Å²) in [5, 5.41) is 3.69. The van der Waals surface area contributed by atoms with Crippen molar-refractivity contribution < 1.29 is 4.42 Å². The minimum absolute atomic E-state index is 0.325. The van der Waals surface area contributed by atoms with Crippen LogP contribution in [0.2, 0.25) is 0 Å². The molecule has 1 heterocycles. The van der Waals surface area contributed by atoms with Crippen LogP contribution in [0, 0.1) is 18.8 Å². The Labute approximate surface area is 98.4 Å². The minimum Gasteiger partial charge on any atom is -0.465 e. The van der Waals surface area contributed by atoms with E-state index in [-0.39, 0.29) is 0 Å². The van der Waals surface area contributed by atoms with Crippen LogP contribution >= 0.6 is 0 Å². The first-order valence-electron chi connectivity index (χ1n) is 6.40. The highest BCUT2D eigenvalue weighted by Crippen LogP contribution is 2.32. The fraction of sp³-hybridized carbons (Fsp3) is 0.714. The number of aryl methyl sites for hydroxylation is 1. The van der Waals surface area contributed by atoms with Crippen molar-refractivity contribution in [1.29, 1.82) is 0 Å². The van der Waals surface area contributed by atoms with Crippen molar-refractivity contribution in [2.45, 2.75) is 52.6 Å². The molecule has 2 rings (SSSR count). The molecule has 1 fully saturated rings. The van der Waals surface area contributed by atoms with Crippen LogP contribution in [0.15, 0.2) is 16.5 Å². The number of hydrogen-bond donors (Lipinski definition) is 1. The van der Waals surface area contributed by atoms with Crippen LogP contribution in [0.4, 0.5) is 0 Å². The Kier molecular flexibility index (Phi) is 3.38. The van der Waals surface area contributed by atoms with Crippen LogP contribution in [0.5, 0.6) is 0 Å². The van der Waals surface area contributed by atoms with Crippen molar-refractivity contribution in [3.63, 3.8) is 0 Å². The highest BCUT2D eigenvalue weighted by atomic mass is 16.3. The molecule has 1 aromatic rings. The van der Waals surface area contributed by atoms with E-state index >= 15 is 0 Å². The zero-order chi connectivity index (χ0) is 11.7. The van der Waals surface area contributed by atoms with Gasteiger partial charge < -0.3 is 9.73 Å². The van der Waals surface area contributed by atoms with Crippen molar-refractivity contribution in [3.05, 3.63) is 23.7 Å². The van der Waals surface area contributed by atoms with Crippen molar-refractivity contribution in [2.75, 3.05) is 0 Å². The van der Waals surface area contributed by atoms with Crippen LogP contribution < -0.4 is 5.32 Å².